The highest BCUT2D eigenvalue weighted by atomic mass is 16.6. The molecule has 1 heterocycles. The Morgan fingerprint density at radius 2 is 1.74 bits per heavy atom. The van der Waals surface area contributed by atoms with Crippen LogP contribution in [0.1, 0.15) is 71.1 Å². The van der Waals surface area contributed by atoms with E-state index in [2.05, 4.69) is 6.92 Å². The first kappa shape index (κ1) is 15.2. The van der Waals surface area contributed by atoms with Gasteiger partial charge in [-0.25, -0.2) is 0 Å². The van der Waals surface area contributed by atoms with Gasteiger partial charge in [0.15, 0.2) is 0 Å². The van der Waals surface area contributed by atoms with Gasteiger partial charge in [-0.1, -0.05) is 13.3 Å². The molecule has 5 aliphatic rings. The molecule has 0 amide bonds. The first-order valence-corrected chi connectivity index (χ1v) is 10.3. The van der Waals surface area contributed by atoms with Crippen LogP contribution in [0, 0.1) is 35.0 Å². The van der Waals surface area contributed by atoms with Gasteiger partial charge < -0.3 is 9.47 Å². The normalized spacial score (nSPS) is 58.2. The van der Waals surface area contributed by atoms with E-state index < -0.39 is 0 Å². The standard InChI is InChI=1S/C21H34O2/c1-20-10-8-16-15-9-11-21(13-23-21)12-14(15)6-7-17(16)18(20)4-3-5-19(20)22-2/h14-19H,3-13H2,1-2H3/t14-,15+,16-,17-,18+,19+,20+,21?/m1/s1. The zero-order valence-electron chi connectivity index (χ0n) is 15.1. The van der Waals surface area contributed by atoms with E-state index in [1.165, 1.54) is 64.2 Å². The molecule has 2 nitrogen and oxygen atoms in total. The van der Waals surface area contributed by atoms with E-state index in [0.29, 0.717) is 17.1 Å². The van der Waals surface area contributed by atoms with Crippen molar-refractivity contribution in [1.29, 1.82) is 0 Å². The number of rotatable bonds is 1. The maximum atomic E-state index is 5.97. The fourth-order valence-corrected chi connectivity index (χ4v) is 7.84. The fourth-order valence-electron chi connectivity index (χ4n) is 7.84. The summed E-state index contributed by atoms with van der Waals surface area (Å²) in [6.45, 7) is 3.64. The van der Waals surface area contributed by atoms with E-state index in [9.17, 15) is 0 Å². The summed E-state index contributed by atoms with van der Waals surface area (Å²) in [5, 5.41) is 0. The minimum absolute atomic E-state index is 0.364. The largest absolute Gasteiger partial charge is 0.381 e. The van der Waals surface area contributed by atoms with Crippen molar-refractivity contribution in [3.63, 3.8) is 0 Å². The van der Waals surface area contributed by atoms with Crippen LogP contribution >= 0.6 is 0 Å². The molecule has 8 atom stereocenters. The molecule has 1 aliphatic heterocycles. The molecule has 0 aromatic carbocycles. The summed E-state index contributed by atoms with van der Waals surface area (Å²) in [5.74, 6) is 4.98. The van der Waals surface area contributed by atoms with Crippen LogP contribution in [0.2, 0.25) is 0 Å². The van der Waals surface area contributed by atoms with Crippen LogP contribution < -0.4 is 0 Å². The van der Waals surface area contributed by atoms with E-state index in [1.54, 1.807) is 0 Å². The van der Waals surface area contributed by atoms with Gasteiger partial charge in [-0.15, -0.1) is 0 Å². The van der Waals surface area contributed by atoms with Crippen molar-refractivity contribution in [2.45, 2.75) is 82.8 Å². The lowest BCUT2D eigenvalue weighted by Crippen LogP contribution is -2.55. The molecule has 0 aromatic rings. The van der Waals surface area contributed by atoms with E-state index in [1.807, 2.05) is 7.11 Å². The third-order valence-corrected chi connectivity index (χ3v) is 9.08. The Kier molecular flexibility index (Phi) is 3.44. The zero-order valence-corrected chi connectivity index (χ0v) is 15.1. The smallest absolute Gasteiger partial charge is 0.0919 e. The Morgan fingerprint density at radius 3 is 2.52 bits per heavy atom. The van der Waals surface area contributed by atoms with Gasteiger partial charge in [-0.3, -0.25) is 0 Å². The summed E-state index contributed by atoms with van der Waals surface area (Å²) in [4.78, 5) is 0. The van der Waals surface area contributed by atoms with Crippen LogP contribution in [0.4, 0.5) is 0 Å². The number of ether oxygens (including phenoxy) is 2. The number of hydrogen-bond donors (Lipinski definition) is 0. The summed E-state index contributed by atoms with van der Waals surface area (Å²) in [5.41, 5.74) is 0.833. The summed E-state index contributed by atoms with van der Waals surface area (Å²) in [6.07, 6.45) is 14.8. The highest BCUT2D eigenvalue weighted by molar-refractivity contribution is 5.08. The highest BCUT2D eigenvalue weighted by Gasteiger charge is 2.58. The van der Waals surface area contributed by atoms with Crippen LogP contribution in [0.5, 0.6) is 0 Å². The lowest BCUT2D eigenvalue weighted by atomic mass is 9.46. The lowest BCUT2D eigenvalue weighted by Gasteiger charge is -2.60. The molecular weight excluding hydrogens is 284 g/mol. The summed E-state index contributed by atoms with van der Waals surface area (Å²) < 4.78 is 11.8. The fraction of sp³-hybridized carbons (Fsp3) is 1.00. The van der Waals surface area contributed by atoms with Crippen LogP contribution in [-0.2, 0) is 9.47 Å². The second-order valence-corrected chi connectivity index (χ2v) is 9.85. The molecule has 1 spiro atoms. The molecule has 5 rings (SSSR count). The molecule has 23 heavy (non-hydrogen) atoms. The molecule has 0 bridgehead atoms. The maximum absolute atomic E-state index is 5.97. The van der Waals surface area contributed by atoms with E-state index >= 15 is 0 Å². The quantitative estimate of drug-likeness (QED) is 0.647. The van der Waals surface area contributed by atoms with Crippen molar-refractivity contribution in [3.8, 4) is 0 Å². The molecule has 0 N–H and O–H groups in total. The summed E-state index contributed by atoms with van der Waals surface area (Å²) in [7, 11) is 1.96. The second-order valence-electron chi connectivity index (χ2n) is 9.85. The van der Waals surface area contributed by atoms with Gasteiger partial charge in [0.1, 0.15) is 0 Å². The lowest BCUT2D eigenvalue weighted by molar-refractivity contribution is -0.147. The predicted octanol–water partition coefficient (Wildman–Crippen LogP) is 4.81. The highest BCUT2D eigenvalue weighted by Crippen LogP contribution is 2.63. The van der Waals surface area contributed by atoms with Crippen LogP contribution in [-0.4, -0.2) is 25.4 Å². The number of hydrogen-bond acceptors (Lipinski definition) is 2. The van der Waals surface area contributed by atoms with Crippen molar-refractivity contribution in [2.75, 3.05) is 13.7 Å². The number of methoxy groups -OCH3 is 1. The molecule has 1 unspecified atom stereocenters. The SMILES string of the molecule is CO[C@H]1CCC[C@H]2[C@@H]3CC[C@@H]4CC5(CC[C@@H]4[C@H]3CC[C@]12C)CO5. The average molecular weight is 319 g/mol. The van der Waals surface area contributed by atoms with Crippen molar-refractivity contribution in [3.05, 3.63) is 0 Å². The molecule has 0 radical (unpaired) electrons. The van der Waals surface area contributed by atoms with Gasteiger partial charge in [-0.2, -0.15) is 0 Å². The first-order valence-electron chi connectivity index (χ1n) is 10.3. The molecule has 1 saturated heterocycles. The molecular formula is C21H34O2. The third-order valence-electron chi connectivity index (χ3n) is 9.08. The van der Waals surface area contributed by atoms with Crippen molar-refractivity contribution < 1.29 is 9.47 Å². The molecule has 5 fully saturated rings. The number of epoxide rings is 1. The van der Waals surface area contributed by atoms with Gasteiger partial charge in [0.2, 0.25) is 0 Å². The molecule has 4 aliphatic carbocycles. The Morgan fingerprint density at radius 1 is 0.913 bits per heavy atom. The monoisotopic (exact) mass is 318 g/mol. The van der Waals surface area contributed by atoms with Crippen LogP contribution in [0.3, 0.4) is 0 Å². The molecule has 0 aromatic heterocycles. The van der Waals surface area contributed by atoms with Gasteiger partial charge >= 0.3 is 0 Å². The predicted molar refractivity (Wildman–Crippen MR) is 91.2 cm³/mol. The Labute approximate surface area is 141 Å². The first-order chi connectivity index (χ1) is 11.2. The summed E-state index contributed by atoms with van der Waals surface area (Å²) >= 11 is 0. The molecule has 2 heteroatoms. The van der Waals surface area contributed by atoms with Crippen LogP contribution in [0.25, 0.3) is 0 Å². The Balaban J connectivity index is 1.38. The van der Waals surface area contributed by atoms with Crippen LogP contribution in [0.15, 0.2) is 0 Å². The average Bonchev–Trinajstić information content (AvgIpc) is 3.31. The minimum Gasteiger partial charge on any atom is -0.381 e. The van der Waals surface area contributed by atoms with Gasteiger partial charge in [-0.05, 0) is 92.8 Å². The van der Waals surface area contributed by atoms with Crippen molar-refractivity contribution in [2.24, 2.45) is 35.0 Å². The van der Waals surface area contributed by atoms with Gasteiger partial charge in [0.25, 0.3) is 0 Å². The van der Waals surface area contributed by atoms with E-state index in [4.69, 9.17) is 9.47 Å². The minimum atomic E-state index is 0.364. The van der Waals surface area contributed by atoms with Crippen molar-refractivity contribution >= 4 is 0 Å². The number of fused-ring (bicyclic) bond motifs is 5. The van der Waals surface area contributed by atoms with E-state index in [0.717, 1.165) is 36.2 Å². The maximum Gasteiger partial charge on any atom is 0.0919 e. The third kappa shape index (κ3) is 2.20. The molecule has 130 valence electrons. The second kappa shape index (κ2) is 5.21. The van der Waals surface area contributed by atoms with Gasteiger partial charge in [0.05, 0.1) is 18.3 Å². The topological polar surface area (TPSA) is 21.8 Å². The van der Waals surface area contributed by atoms with Gasteiger partial charge in [0, 0.05) is 7.11 Å². The zero-order chi connectivity index (χ0) is 15.7. The Bertz CT molecular complexity index is 470. The van der Waals surface area contributed by atoms with E-state index in [-0.39, 0.29) is 0 Å². The van der Waals surface area contributed by atoms with Crippen molar-refractivity contribution in [1.82, 2.24) is 0 Å². The summed E-state index contributed by atoms with van der Waals surface area (Å²) in [6, 6.07) is 0. The Hall–Kier alpha value is -0.0800. The molecule has 4 saturated carbocycles.